The molecule has 0 N–H and O–H groups in total. The van der Waals surface area contributed by atoms with Gasteiger partial charge in [0.25, 0.3) is 0 Å². The predicted molar refractivity (Wildman–Crippen MR) is 104 cm³/mol. The van der Waals surface area contributed by atoms with Crippen LogP contribution in [0.4, 0.5) is 0 Å². The van der Waals surface area contributed by atoms with Crippen LogP contribution in [-0.2, 0) is 16.2 Å². The first kappa shape index (κ1) is 19.1. The third-order valence-corrected chi connectivity index (χ3v) is 4.14. The largest absolute Gasteiger partial charge is 0.257 e. The van der Waals surface area contributed by atoms with Gasteiger partial charge in [0.15, 0.2) is 0 Å². The first-order valence-electron chi connectivity index (χ1n) is 8.73. The third-order valence-electron chi connectivity index (χ3n) is 4.14. The molecule has 3 heteroatoms. The highest BCUT2D eigenvalue weighted by Crippen LogP contribution is 2.32. The maximum absolute atomic E-state index is 4.93. The minimum atomic E-state index is -0.317. The van der Waals surface area contributed by atoms with Crippen LogP contribution >= 0.6 is 0 Å². The zero-order valence-electron chi connectivity index (χ0n) is 16.7. The third kappa shape index (κ3) is 4.89. The van der Waals surface area contributed by atoms with E-state index < -0.39 is 0 Å². The van der Waals surface area contributed by atoms with Crippen LogP contribution < -0.4 is 0 Å². The molecule has 0 fully saturated rings. The maximum Gasteiger partial charge on any atom is 0.204 e. The van der Waals surface area contributed by atoms with E-state index in [1.54, 1.807) is 18.5 Å². The number of pyridine rings is 1. The van der Waals surface area contributed by atoms with Crippen molar-refractivity contribution in [3.63, 3.8) is 0 Å². The summed E-state index contributed by atoms with van der Waals surface area (Å²) in [6, 6.07) is 6.18. The fourth-order valence-corrected chi connectivity index (χ4v) is 2.31. The van der Waals surface area contributed by atoms with Gasteiger partial charge >= 0.3 is 0 Å². The summed E-state index contributed by atoms with van der Waals surface area (Å²) in [6.07, 6.45) is 3.43. The Balaban J connectivity index is 2.55. The summed E-state index contributed by atoms with van der Waals surface area (Å²) in [7, 11) is 0. The molecule has 0 atom stereocenters. The predicted octanol–water partition coefficient (Wildman–Crippen LogP) is 4.80. The maximum atomic E-state index is 4.93. The van der Waals surface area contributed by atoms with Crippen molar-refractivity contribution in [3.8, 4) is 11.8 Å². The van der Waals surface area contributed by atoms with Gasteiger partial charge in [0.2, 0.25) is 5.82 Å². The number of hydrogen-bond donors (Lipinski definition) is 0. The van der Waals surface area contributed by atoms with Crippen molar-refractivity contribution in [1.29, 1.82) is 0 Å². The lowest BCUT2D eigenvalue weighted by atomic mass is 9.79. The van der Waals surface area contributed by atoms with E-state index in [0.717, 1.165) is 11.4 Å². The second-order valence-corrected chi connectivity index (χ2v) is 9.07. The van der Waals surface area contributed by atoms with Crippen LogP contribution in [-0.4, -0.2) is 15.0 Å². The normalized spacial score (nSPS) is 12.5. The van der Waals surface area contributed by atoms with Crippen molar-refractivity contribution in [3.05, 3.63) is 53.4 Å². The van der Waals surface area contributed by atoms with Gasteiger partial charge in [-0.3, -0.25) is 4.98 Å². The van der Waals surface area contributed by atoms with Gasteiger partial charge in [0.05, 0.1) is 5.41 Å². The van der Waals surface area contributed by atoms with Crippen LogP contribution in [0.2, 0.25) is 0 Å². The van der Waals surface area contributed by atoms with E-state index in [1.807, 2.05) is 0 Å². The van der Waals surface area contributed by atoms with Crippen LogP contribution in [0.25, 0.3) is 0 Å². The number of hydrogen-bond acceptors (Lipinski definition) is 3. The van der Waals surface area contributed by atoms with Gasteiger partial charge in [-0.05, 0) is 43.5 Å². The molecule has 2 heterocycles. The Bertz CT molecular complexity index is 763. The smallest absolute Gasteiger partial charge is 0.204 e. The lowest BCUT2D eigenvalue weighted by molar-refractivity contribution is 0.525. The summed E-state index contributed by atoms with van der Waals surface area (Å²) in [6.45, 7) is 17.5. The average Bonchev–Trinajstić information content (AvgIpc) is 2.52. The molecule has 0 aliphatic rings. The van der Waals surface area contributed by atoms with Gasteiger partial charge in [-0.25, -0.2) is 9.97 Å². The Kier molecular flexibility index (Phi) is 5.04. The SMILES string of the molecule is CC(C)(C)c1cc(C(C)(C)C#Cc2ncccn2)cc(C(C)(C)C)n1. The topological polar surface area (TPSA) is 38.7 Å². The lowest BCUT2D eigenvalue weighted by Crippen LogP contribution is -2.24. The average molecular weight is 335 g/mol. The van der Waals surface area contributed by atoms with Crippen LogP contribution in [0.3, 0.4) is 0 Å². The van der Waals surface area contributed by atoms with Crippen molar-refractivity contribution in [1.82, 2.24) is 15.0 Å². The quantitative estimate of drug-likeness (QED) is 0.703. The van der Waals surface area contributed by atoms with Gasteiger partial charge in [0.1, 0.15) is 0 Å². The highest BCUT2D eigenvalue weighted by atomic mass is 14.8. The standard InChI is InChI=1S/C22H29N3/c1-20(2,3)17-14-16(15-18(25-17)21(4,5)6)22(7,8)11-10-19-23-12-9-13-24-19/h9,12-15H,1-8H3. The van der Waals surface area contributed by atoms with Gasteiger partial charge in [0, 0.05) is 34.6 Å². The van der Waals surface area contributed by atoms with Crippen molar-refractivity contribution >= 4 is 0 Å². The molecule has 0 saturated carbocycles. The molecule has 132 valence electrons. The Morgan fingerprint density at radius 1 is 0.760 bits per heavy atom. The van der Waals surface area contributed by atoms with Gasteiger partial charge < -0.3 is 0 Å². The Hall–Kier alpha value is -2.21. The summed E-state index contributed by atoms with van der Waals surface area (Å²) in [5, 5.41) is 0. The summed E-state index contributed by atoms with van der Waals surface area (Å²) in [5.74, 6) is 7.01. The van der Waals surface area contributed by atoms with Crippen LogP contribution in [0.15, 0.2) is 30.6 Å². The van der Waals surface area contributed by atoms with E-state index in [0.29, 0.717) is 5.82 Å². The second-order valence-electron chi connectivity index (χ2n) is 9.07. The van der Waals surface area contributed by atoms with E-state index >= 15 is 0 Å². The molecule has 0 spiro atoms. The highest BCUT2D eigenvalue weighted by Gasteiger charge is 2.26. The zero-order valence-corrected chi connectivity index (χ0v) is 16.7. The van der Waals surface area contributed by atoms with Crippen molar-refractivity contribution in [2.45, 2.75) is 71.6 Å². The molecule has 0 radical (unpaired) electrons. The van der Waals surface area contributed by atoms with E-state index in [2.05, 4.69) is 89.3 Å². The molecule has 0 aliphatic heterocycles. The molecule has 3 nitrogen and oxygen atoms in total. The van der Waals surface area contributed by atoms with E-state index in [1.165, 1.54) is 5.56 Å². The first-order chi connectivity index (χ1) is 11.4. The fraction of sp³-hybridized carbons (Fsp3) is 0.500. The van der Waals surface area contributed by atoms with Gasteiger partial charge in [-0.1, -0.05) is 47.5 Å². The molecule has 2 aromatic rings. The molecule has 0 bridgehead atoms. The molecule has 0 saturated heterocycles. The van der Waals surface area contributed by atoms with Crippen LogP contribution in [0.5, 0.6) is 0 Å². The van der Waals surface area contributed by atoms with E-state index in [-0.39, 0.29) is 16.2 Å². The number of aromatic nitrogens is 3. The monoisotopic (exact) mass is 335 g/mol. The minimum Gasteiger partial charge on any atom is -0.257 e. The van der Waals surface area contributed by atoms with Gasteiger partial charge in [-0.15, -0.1) is 0 Å². The van der Waals surface area contributed by atoms with E-state index in [9.17, 15) is 0 Å². The Labute approximate surface area is 152 Å². The molecule has 25 heavy (non-hydrogen) atoms. The molecular formula is C22H29N3. The summed E-state index contributed by atoms with van der Waals surface area (Å²) in [4.78, 5) is 13.3. The molecule has 0 unspecified atom stereocenters. The van der Waals surface area contributed by atoms with Crippen molar-refractivity contribution in [2.75, 3.05) is 0 Å². The summed E-state index contributed by atoms with van der Waals surface area (Å²) in [5.41, 5.74) is 3.04. The second kappa shape index (κ2) is 6.59. The van der Waals surface area contributed by atoms with Gasteiger partial charge in [-0.2, -0.15) is 0 Å². The lowest BCUT2D eigenvalue weighted by Gasteiger charge is -2.28. The zero-order chi connectivity index (χ0) is 18.9. The fourth-order valence-electron chi connectivity index (χ4n) is 2.31. The Morgan fingerprint density at radius 2 is 1.24 bits per heavy atom. The van der Waals surface area contributed by atoms with Crippen LogP contribution in [0, 0.1) is 11.8 Å². The number of rotatable bonds is 1. The molecule has 0 amide bonds. The summed E-state index contributed by atoms with van der Waals surface area (Å²) >= 11 is 0. The molecular weight excluding hydrogens is 306 g/mol. The molecule has 2 rings (SSSR count). The van der Waals surface area contributed by atoms with Crippen LogP contribution in [0.1, 0.15) is 78.2 Å². The van der Waals surface area contributed by atoms with Crippen molar-refractivity contribution in [2.24, 2.45) is 0 Å². The number of nitrogens with zero attached hydrogens (tertiary/aromatic N) is 3. The molecule has 0 aliphatic carbocycles. The van der Waals surface area contributed by atoms with E-state index in [4.69, 9.17) is 4.98 Å². The highest BCUT2D eigenvalue weighted by molar-refractivity contribution is 5.40. The Morgan fingerprint density at radius 3 is 1.68 bits per heavy atom. The summed E-state index contributed by atoms with van der Waals surface area (Å²) < 4.78 is 0. The molecule has 2 aromatic heterocycles. The molecule has 0 aromatic carbocycles. The van der Waals surface area contributed by atoms with Crippen molar-refractivity contribution < 1.29 is 0 Å². The first-order valence-corrected chi connectivity index (χ1v) is 8.73. The minimum absolute atomic E-state index is 0.0118.